The van der Waals surface area contributed by atoms with E-state index >= 15 is 0 Å². The van der Waals surface area contributed by atoms with E-state index in [1.807, 2.05) is 0 Å². The Morgan fingerprint density at radius 3 is 3.10 bits per heavy atom. The Morgan fingerprint density at radius 2 is 2.30 bits per heavy atom. The average molecular weight is 291 g/mol. The SMILES string of the molecule is CC1(CNC(=O)C2C3CCCC32)OCCc2sccc21. The molecule has 3 unspecified atom stereocenters. The Bertz CT molecular complexity index is 530. The number of carbonyl (C=O) groups is 1. The predicted octanol–water partition coefficient (Wildman–Crippen LogP) is 2.70. The van der Waals surface area contributed by atoms with Gasteiger partial charge in [-0.05, 0) is 48.6 Å². The summed E-state index contributed by atoms with van der Waals surface area (Å²) >= 11 is 1.80. The number of hydrogen-bond donors (Lipinski definition) is 1. The number of thiophene rings is 1. The maximum absolute atomic E-state index is 12.3. The van der Waals surface area contributed by atoms with Crippen molar-refractivity contribution in [1.82, 2.24) is 5.32 Å². The van der Waals surface area contributed by atoms with Gasteiger partial charge >= 0.3 is 0 Å². The van der Waals surface area contributed by atoms with Gasteiger partial charge in [-0.2, -0.15) is 0 Å². The minimum Gasteiger partial charge on any atom is -0.368 e. The van der Waals surface area contributed by atoms with E-state index in [-0.39, 0.29) is 11.5 Å². The van der Waals surface area contributed by atoms with Crippen molar-refractivity contribution in [3.63, 3.8) is 0 Å². The van der Waals surface area contributed by atoms with E-state index in [2.05, 4.69) is 23.7 Å². The van der Waals surface area contributed by atoms with Gasteiger partial charge in [0.1, 0.15) is 5.60 Å². The number of carbonyl (C=O) groups excluding carboxylic acids is 1. The van der Waals surface area contributed by atoms with Crippen LogP contribution in [-0.2, 0) is 21.6 Å². The highest BCUT2D eigenvalue weighted by atomic mass is 32.1. The van der Waals surface area contributed by atoms with Gasteiger partial charge in [0.15, 0.2) is 0 Å². The molecule has 0 radical (unpaired) electrons. The first kappa shape index (κ1) is 12.8. The summed E-state index contributed by atoms with van der Waals surface area (Å²) in [5, 5.41) is 5.28. The van der Waals surface area contributed by atoms with Crippen LogP contribution in [0.1, 0.15) is 36.6 Å². The van der Waals surface area contributed by atoms with Crippen LogP contribution in [0.2, 0.25) is 0 Å². The first-order valence-corrected chi connectivity index (χ1v) is 8.55. The lowest BCUT2D eigenvalue weighted by Crippen LogP contribution is -2.43. The van der Waals surface area contributed by atoms with Crippen LogP contribution in [-0.4, -0.2) is 19.1 Å². The lowest BCUT2D eigenvalue weighted by molar-refractivity contribution is -0.125. The molecule has 0 aromatic carbocycles. The normalized spacial score (nSPS) is 38.1. The molecule has 3 aliphatic rings. The van der Waals surface area contributed by atoms with E-state index < -0.39 is 0 Å². The fourth-order valence-corrected chi connectivity index (χ4v) is 5.16. The molecule has 4 rings (SSSR count). The van der Waals surface area contributed by atoms with Crippen molar-refractivity contribution in [3.8, 4) is 0 Å². The highest BCUT2D eigenvalue weighted by molar-refractivity contribution is 7.10. The van der Waals surface area contributed by atoms with E-state index in [9.17, 15) is 4.79 Å². The predicted molar refractivity (Wildman–Crippen MR) is 78.7 cm³/mol. The lowest BCUT2D eigenvalue weighted by Gasteiger charge is -2.34. The van der Waals surface area contributed by atoms with Crippen LogP contribution in [0.3, 0.4) is 0 Å². The van der Waals surface area contributed by atoms with Crippen molar-refractivity contribution >= 4 is 17.2 Å². The molecule has 0 bridgehead atoms. The molecule has 1 amide bonds. The lowest BCUT2D eigenvalue weighted by atomic mass is 9.93. The third-order valence-corrected chi connectivity index (χ3v) is 6.35. The number of hydrogen-bond acceptors (Lipinski definition) is 3. The number of amides is 1. The fraction of sp³-hybridized carbons (Fsp3) is 0.688. The minimum absolute atomic E-state index is 0.256. The van der Waals surface area contributed by atoms with Gasteiger partial charge in [0.25, 0.3) is 0 Å². The Balaban J connectivity index is 1.41. The van der Waals surface area contributed by atoms with E-state index in [0.717, 1.165) is 13.0 Å². The molecule has 2 fully saturated rings. The molecule has 4 heteroatoms. The molecule has 0 spiro atoms. The molecular weight excluding hydrogens is 270 g/mol. The number of ether oxygens (including phenoxy) is 1. The monoisotopic (exact) mass is 291 g/mol. The molecule has 108 valence electrons. The largest absolute Gasteiger partial charge is 0.368 e. The minimum atomic E-state index is -0.340. The third kappa shape index (κ3) is 1.92. The molecule has 3 atom stereocenters. The molecule has 3 nitrogen and oxygen atoms in total. The molecule has 1 aromatic rings. The van der Waals surface area contributed by atoms with Crippen LogP contribution < -0.4 is 5.32 Å². The fourth-order valence-electron chi connectivity index (χ4n) is 4.18. The van der Waals surface area contributed by atoms with Crippen LogP contribution in [0, 0.1) is 17.8 Å². The topological polar surface area (TPSA) is 38.3 Å². The number of nitrogens with one attached hydrogen (secondary N) is 1. The Kier molecular flexibility index (Phi) is 2.93. The van der Waals surface area contributed by atoms with Gasteiger partial charge in [-0.15, -0.1) is 11.3 Å². The van der Waals surface area contributed by atoms with Gasteiger partial charge in [0, 0.05) is 17.2 Å². The zero-order valence-electron chi connectivity index (χ0n) is 11.9. The molecule has 1 N–H and O–H groups in total. The van der Waals surface area contributed by atoms with Crippen LogP contribution >= 0.6 is 11.3 Å². The van der Waals surface area contributed by atoms with Gasteiger partial charge in [0.05, 0.1) is 13.2 Å². The van der Waals surface area contributed by atoms with Gasteiger partial charge in [0.2, 0.25) is 5.91 Å². The third-order valence-electron chi connectivity index (χ3n) is 5.37. The first-order chi connectivity index (χ1) is 9.69. The van der Waals surface area contributed by atoms with Crippen molar-refractivity contribution in [3.05, 3.63) is 21.9 Å². The van der Waals surface area contributed by atoms with E-state index in [4.69, 9.17) is 4.74 Å². The van der Waals surface area contributed by atoms with Crippen LogP contribution in [0.25, 0.3) is 0 Å². The second-order valence-electron chi connectivity index (χ2n) is 6.59. The Hall–Kier alpha value is -0.870. The highest BCUT2D eigenvalue weighted by Gasteiger charge is 2.56. The smallest absolute Gasteiger partial charge is 0.223 e. The summed E-state index contributed by atoms with van der Waals surface area (Å²) in [6.07, 6.45) is 4.83. The summed E-state index contributed by atoms with van der Waals surface area (Å²) in [5.41, 5.74) is 0.929. The molecule has 2 saturated carbocycles. The van der Waals surface area contributed by atoms with Crippen molar-refractivity contribution in [2.75, 3.05) is 13.2 Å². The number of fused-ring (bicyclic) bond motifs is 2. The quantitative estimate of drug-likeness (QED) is 0.930. The summed E-state index contributed by atoms with van der Waals surface area (Å²) in [4.78, 5) is 13.7. The summed E-state index contributed by atoms with van der Waals surface area (Å²) in [7, 11) is 0. The molecule has 1 aromatic heterocycles. The van der Waals surface area contributed by atoms with Crippen molar-refractivity contribution in [2.45, 2.75) is 38.2 Å². The second-order valence-corrected chi connectivity index (χ2v) is 7.59. The molecule has 20 heavy (non-hydrogen) atoms. The zero-order chi connectivity index (χ0) is 13.7. The van der Waals surface area contributed by atoms with Gasteiger partial charge < -0.3 is 10.1 Å². The van der Waals surface area contributed by atoms with Crippen LogP contribution in [0.15, 0.2) is 11.4 Å². The van der Waals surface area contributed by atoms with E-state index in [1.165, 1.54) is 29.7 Å². The molecule has 2 aliphatic carbocycles. The van der Waals surface area contributed by atoms with Crippen molar-refractivity contribution in [1.29, 1.82) is 0 Å². The highest BCUT2D eigenvalue weighted by Crippen LogP contribution is 2.57. The second kappa shape index (κ2) is 4.57. The Morgan fingerprint density at radius 1 is 1.50 bits per heavy atom. The average Bonchev–Trinajstić information content (AvgIpc) is 2.87. The maximum Gasteiger partial charge on any atom is 0.223 e. The molecule has 1 aliphatic heterocycles. The summed E-state index contributed by atoms with van der Waals surface area (Å²) in [5.74, 6) is 1.93. The molecule has 0 saturated heterocycles. The summed E-state index contributed by atoms with van der Waals surface area (Å²) in [6, 6.07) is 2.15. The standard InChI is InChI=1S/C16H21NO2S/c1-16(12-6-8-20-13(12)5-7-19-16)9-17-15(18)14-10-3-2-4-11(10)14/h6,8,10-11,14H,2-5,7,9H2,1H3,(H,17,18). The van der Waals surface area contributed by atoms with E-state index in [0.29, 0.717) is 24.3 Å². The van der Waals surface area contributed by atoms with Crippen molar-refractivity contribution in [2.24, 2.45) is 17.8 Å². The first-order valence-electron chi connectivity index (χ1n) is 7.67. The maximum atomic E-state index is 12.3. The van der Waals surface area contributed by atoms with Gasteiger partial charge in [-0.3, -0.25) is 4.79 Å². The van der Waals surface area contributed by atoms with Gasteiger partial charge in [-0.1, -0.05) is 6.42 Å². The van der Waals surface area contributed by atoms with Crippen LogP contribution in [0.4, 0.5) is 0 Å². The summed E-state index contributed by atoms with van der Waals surface area (Å²) < 4.78 is 5.99. The Labute approximate surface area is 123 Å². The number of rotatable bonds is 3. The van der Waals surface area contributed by atoms with Crippen molar-refractivity contribution < 1.29 is 9.53 Å². The zero-order valence-corrected chi connectivity index (χ0v) is 12.7. The van der Waals surface area contributed by atoms with Crippen LogP contribution in [0.5, 0.6) is 0 Å². The van der Waals surface area contributed by atoms with Gasteiger partial charge in [-0.25, -0.2) is 0 Å². The molecule has 2 heterocycles. The summed E-state index contributed by atoms with van der Waals surface area (Å²) in [6.45, 7) is 3.46. The van der Waals surface area contributed by atoms with E-state index in [1.54, 1.807) is 11.3 Å². The molecular formula is C16H21NO2S.